The predicted molar refractivity (Wildman–Crippen MR) is 90.6 cm³/mol. The third-order valence-corrected chi connectivity index (χ3v) is 4.21. The van der Waals surface area contributed by atoms with E-state index < -0.39 is 0 Å². The fraction of sp³-hybridized carbons (Fsp3) is 0.400. The van der Waals surface area contributed by atoms with Crippen molar-refractivity contribution in [2.24, 2.45) is 14.1 Å². The Morgan fingerprint density at radius 3 is 2.59 bits per heavy atom. The van der Waals surface area contributed by atoms with E-state index in [1.54, 1.807) is 7.05 Å². The molecule has 2 aromatic rings. The molecule has 0 unspecified atom stereocenters. The van der Waals surface area contributed by atoms with Crippen LogP contribution in [0.1, 0.15) is 13.8 Å². The van der Waals surface area contributed by atoms with Gasteiger partial charge < -0.3 is 4.57 Å². The second kappa shape index (κ2) is 6.39. The van der Waals surface area contributed by atoms with Gasteiger partial charge in [-0.1, -0.05) is 36.1 Å². The fourth-order valence-electron chi connectivity index (χ4n) is 2.17. The highest BCUT2D eigenvalue weighted by Gasteiger charge is 2.18. The van der Waals surface area contributed by atoms with Gasteiger partial charge in [0.05, 0.1) is 0 Å². The van der Waals surface area contributed by atoms with Gasteiger partial charge in [0.2, 0.25) is 0 Å². The highest BCUT2D eigenvalue weighted by molar-refractivity contribution is 7.99. The van der Waals surface area contributed by atoms with E-state index in [1.807, 2.05) is 30.6 Å². The van der Waals surface area contributed by atoms with Gasteiger partial charge in [0.25, 0.3) is 5.56 Å². The summed E-state index contributed by atoms with van der Waals surface area (Å²) in [6, 6.07) is 0. The van der Waals surface area contributed by atoms with E-state index in [4.69, 9.17) is 0 Å². The zero-order valence-corrected chi connectivity index (χ0v) is 14.1. The summed E-state index contributed by atoms with van der Waals surface area (Å²) in [7, 11) is 3.11. The molecular formula is C15H20N4O2S. The summed E-state index contributed by atoms with van der Waals surface area (Å²) in [6.07, 6.45) is 3.99. The lowest BCUT2D eigenvalue weighted by molar-refractivity contribution is 0.694. The van der Waals surface area contributed by atoms with Crippen molar-refractivity contribution < 1.29 is 0 Å². The average Bonchev–Trinajstić information content (AvgIpc) is 2.81. The number of nitrogens with zero attached hydrogens (tertiary/aromatic N) is 4. The second-order valence-corrected chi connectivity index (χ2v) is 6.18. The third-order valence-electron chi connectivity index (χ3n) is 3.29. The minimum absolute atomic E-state index is 0.329. The largest absolute Gasteiger partial charge is 0.332 e. The summed E-state index contributed by atoms with van der Waals surface area (Å²) in [5.41, 5.74) is 1.07. The molecule has 0 radical (unpaired) electrons. The van der Waals surface area contributed by atoms with Gasteiger partial charge in [0, 0.05) is 26.4 Å². The van der Waals surface area contributed by atoms with Crippen molar-refractivity contribution in [2.75, 3.05) is 5.75 Å². The van der Waals surface area contributed by atoms with Crippen LogP contribution in [0.3, 0.4) is 0 Å². The average molecular weight is 320 g/mol. The van der Waals surface area contributed by atoms with Crippen molar-refractivity contribution in [3.63, 3.8) is 0 Å². The minimum atomic E-state index is -0.373. The van der Waals surface area contributed by atoms with E-state index >= 15 is 0 Å². The van der Waals surface area contributed by atoms with Gasteiger partial charge in [-0.15, -0.1) is 0 Å². The number of thioether (sulfide) groups is 1. The van der Waals surface area contributed by atoms with Crippen LogP contribution >= 0.6 is 11.8 Å². The van der Waals surface area contributed by atoms with E-state index in [9.17, 15) is 9.59 Å². The normalized spacial score (nSPS) is 11.6. The molecule has 2 rings (SSSR count). The van der Waals surface area contributed by atoms with Gasteiger partial charge in [0.15, 0.2) is 16.3 Å². The smallest absolute Gasteiger partial charge is 0.309 e. The Morgan fingerprint density at radius 1 is 1.32 bits per heavy atom. The first kappa shape index (κ1) is 16.4. The van der Waals surface area contributed by atoms with Crippen molar-refractivity contribution in [1.29, 1.82) is 0 Å². The van der Waals surface area contributed by atoms with E-state index in [-0.39, 0.29) is 11.2 Å². The molecule has 0 N–H and O–H groups in total. The SMILES string of the molecule is C=C(C)Cn1c(SC/C=C/C)nc2c1c(=O)n(C)c(=O)n2C. The Bertz CT molecular complexity index is 870. The molecule has 0 saturated carbocycles. The maximum absolute atomic E-state index is 12.5. The molecule has 6 nitrogen and oxygen atoms in total. The van der Waals surface area contributed by atoms with E-state index in [2.05, 4.69) is 11.6 Å². The van der Waals surface area contributed by atoms with Gasteiger partial charge in [-0.25, -0.2) is 9.78 Å². The number of aromatic nitrogens is 4. The zero-order valence-electron chi connectivity index (χ0n) is 13.3. The quantitative estimate of drug-likeness (QED) is 0.621. The van der Waals surface area contributed by atoms with Crippen molar-refractivity contribution in [3.8, 4) is 0 Å². The van der Waals surface area contributed by atoms with Crippen molar-refractivity contribution in [1.82, 2.24) is 18.7 Å². The van der Waals surface area contributed by atoms with Crippen molar-refractivity contribution >= 4 is 22.9 Å². The number of fused-ring (bicyclic) bond motifs is 1. The van der Waals surface area contributed by atoms with Crippen LogP contribution in [0, 0.1) is 0 Å². The lowest BCUT2D eigenvalue weighted by Gasteiger charge is -2.08. The van der Waals surface area contributed by atoms with Crippen LogP contribution in [0.15, 0.2) is 39.0 Å². The molecule has 0 aliphatic rings. The first-order valence-corrected chi connectivity index (χ1v) is 7.91. The molecule has 0 atom stereocenters. The van der Waals surface area contributed by atoms with Crippen LogP contribution in [-0.4, -0.2) is 24.4 Å². The van der Waals surface area contributed by atoms with Crippen molar-refractivity contribution in [3.05, 3.63) is 45.1 Å². The summed E-state index contributed by atoms with van der Waals surface area (Å²) in [5, 5.41) is 0.717. The van der Waals surface area contributed by atoms with Crippen LogP contribution in [-0.2, 0) is 20.6 Å². The first-order valence-electron chi connectivity index (χ1n) is 6.93. The lowest BCUT2D eigenvalue weighted by Crippen LogP contribution is -2.37. The summed E-state index contributed by atoms with van der Waals surface area (Å²) in [4.78, 5) is 29.0. The zero-order chi connectivity index (χ0) is 16.4. The summed E-state index contributed by atoms with van der Waals surface area (Å²) >= 11 is 1.53. The van der Waals surface area contributed by atoms with Gasteiger partial charge in [-0.3, -0.25) is 13.9 Å². The molecule has 2 aromatic heterocycles. The molecule has 7 heteroatoms. The maximum atomic E-state index is 12.5. The van der Waals surface area contributed by atoms with E-state index in [0.717, 1.165) is 21.0 Å². The van der Waals surface area contributed by atoms with Crippen LogP contribution < -0.4 is 11.2 Å². The highest BCUT2D eigenvalue weighted by atomic mass is 32.2. The molecule has 22 heavy (non-hydrogen) atoms. The summed E-state index contributed by atoms with van der Waals surface area (Å²) < 4.78 is 4.36. The molecule has 0 spiro atoms. The standard InChI is InChI=1S/C15H20N4O2S/c1-6-7-8-22-14-16-12-11(19(14)9-10(2)3)13(20)18(5)15(21)17(12)4/h6-7H,2,8-9H2,1,3-5H3/b7-6+. The number of hydrogen-bond acceptors (Lipinski definition) is 4. The molecule has 0 aromatic carbocycles. The molecule has 2 heterocycles. The molecule has 118 valence electrons. The second-order valence-electron chi connectivity index (χ2n) is 5.20. The first-order chi connectivity index (χ1) is 10.4. The molecule has 0 bridgehead atoms. The molecule has 0 fully saturated rings. The minimum Gasteiger partial charge on any atom is -0.309 e. The number of hydrogen-bond donors (Lipinski definition) is 0. The van der Waals surface area contributed by atoms with Crippen LogP contribution in [0.4, 0.5) is 0 Å². The van der Waals surface area contributed by atoms with Crippen LogP contribution in [0.25, 0.3) is 11.2 Å². The predicted octanol–water partition coefficient (Wildman–Crippen LogP) is 1.68. The monoisotopic (exact) mass is 320 g/mol. The van der Waals surface area contributed by atoms with Gasteiger partial charge in [-0.05, 0) is 13.8 Å². The lowest BCUT2D eigenvalue weighted by atomic mass is 10.3. The van der Waals surface area contributed by atoms with Gasteiger partial charge in [-0.2, -0.15) is 0 Å². The summed E-state index contributed by atoms with van der Waals surface area (Å²) in [5.74, 6) is 0.754. The van der Waals surface area contributed by atoms with Crippen LogP contribution in [0.2, 0.25) is 0 Å². The van der Waals surface area contributed by atoms with E-state index in [1.165, 1.54) is 23.4 Å². The number of imidazole rings is 1. The molecule has 0 aliphatic heterocycles. The van der Waals surface area contributed by atoms with Gasteiger partial charge in [0.1, 0.15) is 0 Å². The van der Waals surface area contributed by atoms with Gasteiger partial charge >= 0.3 is 5.69 Å². The molecular weight excluding hydrogens is 300 g/mol. The molecule has 0 saturated heterocycles. The Labute approximate surface area is 132 Å². The maximum Gasteiger partial charge on any atom is 0.332 e. The molecule has 0 amide bonds. The van der Waals surface area contributed by atoms with E-state index in [0.29, 0.717) is 17.7 Å². The Kier molecular flexibility index (Phi) is 4.75. The van der Waals surface area contributed by atoms with Crippen LogP contribution in [0.5, 0.6) is 0 Å². The number of allylic oxidation sites excluding steroid dienone is 2. The third kappa shape index (κ3) is 2.81. The van der Waals surface area contributed by atoms with Crippen molar-refractivity contribution in [2.45, 2.75) is 25.5 Å². The summed E-state index contributed by atoms with van der Waals surface area (Å²) in [6.45, 7) is 8.28. The highest BCUT2D eigenvalue weighted by Crippen LogP contribution is 2.22. The fourth-order valence-corrected chi connectivity index (χ4v) is 3.07. The Hall–Kier alpha value is -2.02. The molecule has 0 aliphatic carbocycles. The number of rotatable bonds is 5. The Balaban J connectivity index is 2.77. The Morgan fingerprint density at radius 2 is 2.00 bits per heavy atom. The number of aryl methyl sites for hydroxylation is 1. The topological polar surface area (TPSA) is 61.8 Å².